The van der Waals surface area contributed by atoms with Crippen LogP contribution in [0.5, 0.6) is 11.5 Å². The zero-order valence-electron chi connectivity index (χ0n) is 15.1. The number of methoxy groups -OCH3 is 1. The summed E-state index contributed by atoms with van der Waals surface area (Å²) < 4.78 is 5.92. The fraction of sp³-hybridized carbons (Fsp3) is 0.333. The fourth-order valence-electron chi connectivity index (χ4n) is 3.16. The lowest BCUT2D eigenvalue weighted by Gasteiger charge is -2.34. The van der Waals surface area contributed by atoms with Crippen LogP contribution in [0.15, 0.2) is 53.0 Å². The number of phenols is 1. The Balaban J connectivity index is 1.48. The van der Waals surface area contributed by atoms with Crippen molar-refractivity contribution in [2.24, 2.45) is 0 Å². The molecule has 1 aliphatic heterocycles. The van der Waals surface area contributed by atoms with Gasteiger partial charge in [-0.25, -0.2) is 0 Å². The second-order valence-electron chi connectivity index (χ2n) is 6.52. The number of ether oxygens (including phenoxy) is 1. The minimum atomic E-state index is 0.159. The summed E-state index contributed by atoms with van der Waals surface area (Å²) in [5.41, 5.74) is 2.39. The lowest BCUT2D eigenvalue weighted by atomic mass is 10.1. The van der Waals surface area contributed by atoms with Gasteiger partial charge in [0, 0.05) is 39.3 Å². The van der Waals surface area contributed by atoms with E-state index < -0.39 is 0 Å². The lowest BCUT2D eigenvalue weighted by Crippen LogP contribution is -2.45. The minimum absolute atomic E-state index is 0.159. The van der Waals surface area contributed by atoms with Crippen LogP contribution >= 0.6 is 15.9 Å². The van der Waals surface area contributed by atoms with Crippen LogP contribution in [0.3, 0.4) is 0 Å². The van der Waals surface area contributed by atoms with Gasteiger partial charge in [-0.2, -0.15) is 0 Å². The van der Waals surface area contributed by atoms with Crippen molar-refractivity contribution in [3.63, 3.8) is 0 Å². The number of halogens is 1. The van der Waals surface area contributed by atoms with Gasteiger partial charge in [0.15, 0.2) is 11.5 Å². The number of hydrogen-bond donors (Lipinski definition) is 1. The zero-order valence-corrected chi connectivity index (χ0v) is 16.7. The molecular formula is C21H25BrN2O2. The number of piperazine rings is 1. The third-order valence-electron chi connectivity index (χ3n) is 4.65. The number of benzene rings is 2. The third-order valence-corrected chi connectivity index (χ3v) is 5.26. The van der Waals surface area contributed by atoms with E-state index in [0.717, 1.165) is 44.8 Å². The van der Waals surface area contributed by atoms with Gasteiger partial charge in [-0.05, 0) is 39.2 Å². The van der Waals surface area contributed by atoms with Gasteiger partial charge in [-0.15, -0.1) is 0 Å². The molecule has 1 fully saturated rings. The van der Waals surface area contributed by atoms with Crippen molar-refractivity contribution in [2.75, 3.05) is 39.8 Å². The summed E-state index contributed by atoms with van der Waals surface area (Å²) in [4.78, 5) is 4.92. The Labute approximate surface area is 163 Å². The quantitative estimate of drug-likeness (QED) is 0.771. The van der Waals surface area contributed by atoms with Crippen LogP contribution in [0.4, 0.5) is 0 Å². The number of phenolic OH excluding ortho intramolecular Hbond substituents is 1. The monoisotopic (exact) mass is 416 g/mol. The van der Waals surface area contributed by atoms with Gasteiger partial charge in [-0.1, -0.05) is 42.5 Å². The highest BCUT2D eigenvalue weighted by molar-refractivity contribution is 9.10. The number of nitrogens with zero attached hydrogens (tertiary/aromatic N) is 2. The normalized spacial score (nSPS) is 16.2. The molecule has 138 valence electrons. The second-order valence-corrected chi connectivity index (χ2v) is 7.37. The molecule has 26 heavy (non-hydrogen) atoms. The van der Waals surface area contributed by atoms with Crippen LogP contribution in [-0.2, 0) is 6.54 Å². The van der Waals surface area contributed by atoms with Crippen LogP contribution < -0.4 is 4.74 Å². The molecule has 2 aromatic rings. The highest BCUT2D eigenvalue weighted by Crippen LogP contribution is 2.35. The number of rotatable bonds is 6. The second kappa shape index (κ2) is 9.21. The SMILES string of the molecule is COc1cc(CN2CCN(C/C=C/c3ccccc3)CC2)cc(Br)c1O. The predicted molar refractivity (Wildman–Crippen MR) is 110 cm³/mol. The maximum Gasteiger partial charge on any atom is 0.172 e. The van der Waals surface area contributed by atoms with E-state index in [9.17, 15) is 5.11 Å². The van der Waals surface area contributed by atoms with Crippen LogP contribution in [0.1, 0.15) is 11.1 Å². The molecule has 0 amide bonds. The van der Waals surface area contributed by atoms with Gasteiger partial charge in [0.2, 0.25) is 0 Å². The van der Waals surface area contributed by atoms with Crippen molar-refractivity contribution in [2.45, 2.75) is 6.54 Å². The molecule has 0 radical (unpaired) electrons. The van der Waals surface area contributed by atoms with Gasteiger partial charge in [0.05, 0.1) is 11.6 Å². The Bertz CT molecular complexity index is 741. The molecule has 4 nitrogen and oxygen atoms in total. The minimum Gasteiger partial charge on any atom is -0.503 e. The molecule has 1 heterocycles. The Morgan fingerprint density at radius 2 is 1.77 bits per heavy atom. The van der Waals surface area contributed by atoms with Crippen molar-refractivity contribution in [3.8, 4) is 11.5 Å². The highest BCUT2D eigenvalue weighted by Gasteiger charge is 2.17. The van der Waals surface area contributed by atoms with Gasteiger partial charge in [-0.3, -0.25) is 9.80 Å². The Morgan fingerprint density at radius 3 is 2.46 bits per heavy atom. The highest BCUT2D eigenvalue weighted by atomic mass is 79.9. The Morgan fingerprint density at radius 1 is 1.08 bits per heavy atom. The van der Waals surface area contributed by atoms with Crippen molar-refractivity contribution in [1.29, 1.82) is 0 Å². The van der Waals surface area contributed by atoms with Crippen molar-refractivity contribution >= 4 is 22.0 Å². The van der Waals surface area contributed by atoms with E-state index in [1.165, 1.54) is 5.56 Å². The fourth-order valence-corrected chi connectivity index (χ4v) is 3.65. The molecule has 0 saturated carbocycles. The van der Waals surface area contributed by atoms with E-state index in [0.29, 0.717) is 10.2 Å². The van der Waals surface area contributed by atoms with Gasteiger partial charge >= 0.3 is 0 Å². The largest absolute Gasteiger partial charge is 0.503 e. The average Bonchev–Trinajstić information content (AvgIpc) is 2.67. The molecule has 0 aliphatic carbocycles. The van der Waals surface area contributed by atoms with Gasteiger partial charge in [0.25, 0.3) is 0 Å². The van der Waals surface area contributed by atoms with Crippen molar-refractivity contribution < 1.29 is 9.84 Å². The molecule has 2 aromatic carbocycles. The third kappa shape index (κ3) is 5.10. The average molecular weight is 417 g/mol. The van der Waals surface area contributed by atoms with E-state index in [4.69, 9.17) is 4.74 Å². The van der Waals surface area contributed by atoms with Gasteiger partial charge in [0.1, 0.15) is 0 Å². The first-order valence-electron chi connectivity index (χ1n) is 8.87. The van der Waals surface area contributed by atoms with E-state index in [-0.39, 0.29) is 5.75 Å². The van der Waals surface area contributed by atoms with Gasteiger partial charge < -0.3 is 9.84 Å². The molecule has 3 rings (SSSR count). The van der Waals surface area contributed by atoms with Crippen LogP contribution in [0.25, 0.3) is 6.08 Å². The van der Waals surface area contributed by atoms with Crippen molar-refractivity contribution in [1.82, 2.24) is 9.80 Å². The number of aromatic hydroxyl groups is 1. The lowest BCUT2D eigenvalue weighted by molar-refractivity contribution is 0.137. The zero-order chi connectivity index (χ0) is 18.4. The maximum absolute atomic E-state index is 9.93. The Hall–Kier alpha value is -1.82. The molecule has 0 spiro atoms. The number of hydrogen-bond acceptors (Lipinski definition) is 4. The molecule has 0 bridgehead atoms. The summed E-state index contributed by atoms with van der Waals surface area (Å²) >= 11 is 3.40. The standard InChI is InChI=1S/C21H25BrN2O2/c1-26-20-15-18(14-19(22)21(20)25)16-24-12-10-23(11-13-24)9-5-8-17-6-3-2-4-7-17/h2-8,14-15,25H,9-13,16H2,1H3/b8-5+. The molecule has 1 aliphatic rings. The first-order valence-corrected chi connectivity index (χ1v) is 9.66. The summed E-state index contributed by atoms with van der Waals surface area (Å²) in [6.07, 6.45) is 4.43. The molecule has 1 saturated heterocycles. The molecule has 5 heteroatoms. The van der Waals surface area contributed by atoms with E-state index >= 15 is 0 Å². The van der Waals surface area contributed by atoms with Crippen LogP contribution in [0, 0.1) is 0 Å². The molecule has 0 aromatic heterocycles. The van der Waals surface area contributed by atoms with E-state index in [1.807, 2.05) is 18.2 Å². The summed E-state index contributed by atoms with van der Waals surface area (Å²) in [6.45, 7) is 6.06. The van der Waals surface area contributed by atoms with Crippen LogP contribution in [-0.4, -0.2) is 54.7 Å². The topological polar surface area (TPSA) is 35.9 Å². The van der Waals surface area contributed by atoms with E-state index in [1.54, 1.807) is 7.11 Å². The first-order chi connectivity index (χ1) is 12.7. The van der Waals surface area contributed by atoms with Crippen LogP contribution in [0.2, 0.25) is 0 Å². The first kappa shape index (κ1) is 19.0. The molecule has 0 unspecified atom stereocenters. The predicted octanol–water partition coefficient (Wildman–Crippen LogP) is 3.99. The van der Waals surface area contributed by atoms with E-state index in [2.05, 4.69) is 62.1 Å². The maximum atomic E-state index is 9.93. The molecular weight excluding hydrogens is 392 g/mol. The summed E-state index contributed by atoms with van der Waals surface area (Å²) in [7, 11) is 1.58. The summed E-state index contributed by atoms with van der Waals surface area (Å²) in [5.74, 6) is 0.672. The van der Waals surface area contributed by atoms with Crippen molar-refractivity contribution in [3.05, 3.63) is 64.1 Å². The summed E-state index contributed by atoms with van der Waals surface area (Å²) in [6, 6.07) is 14.3. The smallest absolute Gasteiger partial charge is 0.172 e. The molecule has 1 N–H and O–H groups in total. The Kier molecular flexibility index (Phi) is 6.72. The summed E-state index contributed by atoms with van der Waals surface area (Å²) in [5, 5.41) is 9.93. The molecule has 0 atom stereocenters.